The predicted octanol–water partition coefficient (Wildman–Crippen LogP) is 5.03. The highest BCUT2D eigenvalue weighted by Crippen LogP contribution is 2.38. The van der Waals surface area contributed by atoms with Crippen LogP contribution in [0.15, 0.2) is 12.1 Å². The molecule has 2 heterocycles. The fraction of sp³-hybridized carbons (Fsp3) is 0.500. The first-order valence-corrected chi connectivity index (χ1v) is 9.71. The summed E-state index contributed by atoms with van der Waals surface area (Å²) in [6, 6.07) is 3.79. The molecule has 0 spiro atoms. The Labute approximate surface area is 157 Å². The quantitative estimate of drug-likeness (QED) is 0.759. The number of rotatable bonds is 6. The topological polar surface area (TPSA) is 37.4 Å². The van der Waals surface area contributed by atoms with E-state index in [-0.39, 0.29) is 10.8 Å². The smallest absolute Gasteiger partial charge is 0.183 e. The minimum atomic E-state index is -0.470. The van der Waals surface area contributed by atoms with Crippen molar-refractivity contribution in [3.63, 3.8) is 0 Å². The van der Waals surface area contributed by atoms with Crippen LogP contribution in [0, 0.1) is 5.82 Å². The molecule has 4 nitrogen and oxygen atoms in total. The lowest BCUT2D eigenvalue weighted by molar-refractivity contribution is 0.242. The summed E-state index contributed by atoms with van der Waals surface area (Å²) in [5, 5.41) is 4.18. The van der Waals surface area contributed by atoms with Crippen LogP contribution in [-0.4, -0.2) is 36.6 Å². The normalized spacial score (nSPS) is 17.9. The van der Waals surface area contributed by atoms with E-state index in [0.29, 0.717) is 11.6 Å². The number of nitrogens with zero attached hydrogens (tertiary/aromatic N) is 2. The Hall–Kier alpha value is -1.37. The number of anilines is 1. The molecule has 0 radical (unpaired) electrons. The van der Waals surface area contributed by atoms with Gasteiger partial charge in [-0.05, 0) is 37.9 Å². The van der Waals surface area contributed by atoms with Crippen LogP contribution in [0.25, 0.3) is 11.3 Å². The standard InChI is InChI=1S/C18H23ClFN3OS/c1-4-12-6-5-7-23(12)10-15-16(22-18(21-2)25-15)11-8-13(19)17(24-3)14(20)9-11/h8-9,12H,4-7,10H2,1-3H3,(H,21,22). The lowest BCUT2D eigenvalue weighted by atomic mass is 10.1. The largest absolute Gasteiger partial charge is 0.492 e. The molecule has 1 aromatic carbocycles. The number of likely N-dealkylation sites (tertiary alicyclic amines) is 1. The van der Waals surface area contributed by atoms with Crippen LogP contribution >= 0.6 is 22.9 Å². The highest BCUT2D eigenvalue weighted by Gasteiger charge is 2.25. The molecule has 0 saturated carbocycles. The second-order valence-electron chi connectivity index (χ2n) is 6.19. The maximum atomic E-state index is 14.3. The number of methoxy groups -OCH3 is 1. The van der Waals surface area contributed by atoms with Gasteiger partial charge in [0.1, 0.15) is 0 Å². The molecule has 136 valence electrons. The monoisotopic (exact) mass is 383 g/mol. The van der Waals surface area contributed by atoms with Gasteiger partial charge in [0.2, 0.25) is 0 Å². The second kappa shape index (κ2) is 7.89. The van der Waals surface area contributed by atoms with Crippen molar-refractivity contribution in [3.05, 3.63) is 27.8 Å². The zero-order valence-corrected chi connectivity index (χ0v) is 16.3. The van der Waals surface area contributed by atoms with Gasteiger partial charge in [0, 0.05) is 30.1 Å². The first kappa shape index (κ1) is 18.4. The van der Waals surface area contributed by atoms with Gasteiger partial charge in [-0.3, -0.25) is 4.90 Å². The lowest BCUT2D eigenvalue weighted by Gasteiger charge is -2.22. The Morgan fingerprint density at radius 1 is 1.48 bits per heavy atom. The third-order valence-electron chi connectivity index (χ3n) is 4.70. The number of halogens is 2. The van der Waals surface area contributed by atoms with E-state index in [2.05, 4.69) is 22.1 Å². The Bertz CT molecular complexity index is 729. The molecule has 1 atom stereocenters. The Balaban J connectivity index is 1.97. The van der Waals surface area contributed by atoms with Gasteiger partial charge in [0.25, 0.3) is 0 Å². The van der Waals surface area contributed by atoms with E-state index in [9.17, 15) is 4.39 Å². The molecule has 3 rings (SSSR count). The van der Waals surface area contributed by atoms with E-state index < -0.39 is 5.82 Å². The number of aromatic nitrogens is 1. The van der Waals surface area contributed by atoms with Crippen molar-refractivity contribution in [2.75, 3.05) is 26.0 Å². The first-order valence-electron chi connectivity index (χ1n) is 8.52. The van der Waals surface area contributed by atoms with Crippen LogP contribution in [0.3, 0.4) is 0 Å². The third kappa shape index (κ3) is 3.76. The number of ether oxygens (including phenoxy) is 1. The molecule has 0 bridgehead atoms. The number of benzene rings is 1. The average molecular weight is 384 g/mol. The second-order valence-corrected chi connectivity index (χ2v) is 7.68. The molecule has 1 unspecified atom stereocenters. The van der Waals surface area contributed by atoms with Crippen molar-refractivity contribution in [2.45, 2.75) is 38.8 Å². The minimum Gasteiger partial charge on any atom is -0.492 e. The van der Waals surface area contributed by atoms with E-state index in [4.69, 9.17) is 16.3 Å². The van der Waals surface area contributed by atoms with Gasteiger partial charge in [-0.15, -0.1) is 11.3 Å². The number of nitrogens with one attached hydrogen (secondary N) is 1. The molecule has 1 aromatic heterocycles. The molecular weight excluding hydrogens is 361 g/mol. The predicted molar refractivity (Wildman–Crippen MR) is 102 cm³/mol. The molecule has 1 aliphatic heterocycles. The van der Waals surface area contributed by atoms with Gasteiger partial charge >= 0.3 is 0 Å². The van der Waals surface area contributed by atoms with Gasteiger partial charge in [-0.2, -0.15) is 0 Å². The average Bonchev–Trinajstić information content (AvgIpc) is 3.21. The molecule has 2 aromatic rings. The summed E-state index contributed by atoms with van der Waals surface area (Å²) in [7, 11) is 3.26. The molecular formula is C18H23ClFN3OS. The molecule has 25 heavy (non-hydrogen) atoms. The van der Waals surface area contributed by atoms with Gasteiger partial charge in [-0.25, -0.2) is 9.37 Å². The molecule has 1 aliphatic rings. The van der Waals surface area contributed by atoms with Crippen molar-refractivity contribution >= 4 is 28.1 Å². The number of hydrogen-bond donors (Lipinski definition) is 1. The van der Waals surface area contributed by atoms with Crippen molar-refractivity contribution in [3.8, 4) is 17.0 Å². The Kier molecular flexibility index (Phi) is 5.81. The molecule has 0 aliphatic carbocycles. The summed E-state index contributed by atoms with van der Waals surface area (Å²) in [5.41, 5.74) is 1.47. The van der Waals surface area contributed by atoms with Crippen LogP contribution in [0.4, 0.5) is 9.52 Å². The fourth-order valence-electron chi connectivity index (χ4n) is 3.43. The van der Waals surface area contributed by atoms with Crippen molar-refractivity contribution in [1.82, 2.24) is 9.88 Å². The zero-order valence-electron chi connectivity index (χ0n) is 14.7. The lowest BCUT2D eigenvalue weighted by Crippen LogP contribution is -2.28. The van der Waals surface area contributed by atoms with E-state index >= 15 is 0 Å². The van der Waals surface area contributed by atoms with Gasteiger partial charge in [0.05, 0.1) is 17.8 Å². The fourth-order valence-corrected chi connectivity index (χ4v) is 4.68. The SMILES string of the molecule is CCC1CCCN1Cc1sc(NC)nc1-c1cc(F)c(OC)c(Cl)c1. The maximum absolute atomic E-state index is 14.3. The van der Waals surface area contributed by atoms with E-state index in [1.165, 1.54) is 26.0 Å². The Morgan fingerprint density at radius 3 is 2.92 bits per heavy atom. The zero-order chi connectivity index (χ0) is 18.0. The van der Waals surface area contributed by atoms with Crippen LogP contribution in [0.2, 0.25) is 5.02 Å². The van der Waals surface area contributed by atoms with Crippen LogP contribution < -0.4 is 10.1 Å². The first-order chi connectivity index (χ1) is 12.1. The number of thiazole rings is 1. The van der Waals surface area contributed by atoms with Gasteiger partial charge in [0.15, 0.2) is 16.7 Å². The van der Waals surface area contributed by atoms with Crippen molar-refractivity contribution < 1.29 is 9.13 Å². The van der Waals surface area contributed by atoms with Gasteiger partial charge in [-0.1, -0.05) is 18.5 Å². The van der Waals surface area contributed by atoms with Crippen LogP contribution in [-0.2, 0) is 6.54 Å². The van der Waals surface area contributed by atoms with Gasteiger partial charge < -0.3 is 10.1 Å². The van der Waals surface area contributed by atoms with Crippen LogP contribution in [0.1, 0.15) is 31.1 Å². The molecule has 0 amide bonds. The summed E-state index contributed by atoms with van der Waals surface area (Å²) in [6.45, 7) is 4.16. The van der Waals surface area contributed by atoms with Crippen LogP contribution in [0.5, 0.6) is 5.75 Å². The summed E-state index contributed by atoms with van der Waals surface area (Å²) in [4.78, 5) is 8.27. The van der Waals surface area contributed by atoms with E-state index in [1.807, 2.05) is 7.05 Å². The summed E-state index contributed by atoms with van der Waals surface area (Å²) < 4.78 is 19.3. The minimum absolute atomic E-state index is 0.0710. The highest BCUT2D eigenvalue weighted by atomic mass is 35.5. The number of hydrogen-bond acceptors (Lipinski definition) is 5. The van der Waals surface area contributed by atoms with Crippen molar-refractivity contribution in [2.24, 2.45) is 0 Å². The summed E-state index contributed by atoms with van der Waals surface area (Å²) in [6.07, 6.45) is 3.62. The summed E-state index contributed by atoms with van der Waals surface area (Å²) >= 11 is 7.79. The van der Waals surface area contributed by atoms with Crippen molar-refractivity contribution in [1.29, 1.82) is 0 Å². The third-order valence-corrected chi connectivity index (χ3v) is 6.04. The van der Waals surface area contributed by atoms with E-state index in [1.54, 1.807) is 17.4 Å². The Morgan fingerprint density at radius 2 is 2.28 bits per heavy atom. The highest BCUT2D eigenvalue weighted by molar-refractivity contribution is 7.16. The molecule has 1 saturated heterocycles. The molecule has 1 N–H and O–H groups in total. The summed E-state index contributed by atoms with van der Waals surface area (Å²) in [5.74, 6) is -0.399. The maximum Gasteiger partial charge on any atom is 0.183 e. The molecule has 1 fully saturated rings. The van der Waals surface area contributed by atoms with E-state index in [0.717, 1.165) is 35.2 Å². The molecule has 7 heteroatoms.